The van der Waals surface area contributed by atoms with E-state index in [0.29, 0.717) is 0 Å². The van der Waals surface area contributed by atoms with Crippen LogP contribution in [0.5, 0.6) is 0 Å². The molecule has 1 aromatic rings. The van der Waals surface area contributed by atoms with E-state index in [1.165, 1.54) is 0 Å². The number of hydrogen-bond acceptors (Lipinski definition) is 2. The molecule has 0 spiro atoms. The van der Waals surface area contributed by atoms with Gasteiger partial charge in [-0.25, -0.2) is 4.57 Å². The van der Waals surface area contributed by atoms with Gasteiger partial charge in [-0.3, -0.25) is 4.57 Å². The fraction of sp³-hybridized carbons (Fsp3) is 0.500. The first kappa shape index (κ1) is 15.1. The Morgan fingerprint density at radius 3 is 2.20 bits per heavy atom. The number of aryl methyl sites for hydroxylation is 1. The lowest BCUT2D eigenvalue weighted by molar-refractivity contribution is -0.671. The van der Waals surface area contributed by atoms with E-state index in [0.717, 1.165) is 5.30 Å². The number of rotatable bonds is 3. The topological polar surface area (TPSA) is 30.2 Å². The first-order valence-corrected chi connectivity index (χ1v) is 6.71. The van der Waals surface area contributed by atoms with Crippen molar-refractivity contribution in [2.75, 3.05) is 6.66 Å². The van der Waals surface area contributed by atoms with Crippen LogP contribution in [0.4, 0.5) is 0 Å². The van der Waals surface area contributed by atoms with Gasteiger partial charge in [0.2, 0.25) is 7.37 Å². The van der Waals surface area contributed by atoms with Gasteiger partial charge in [0.05, 0.1) is 6.10 Å². The smallest absolute Gasteiger partial charge is 0.229 e. The lowest BCUT2D eigenvalue weighted by Crippen LogP contribution is -3.00. The van der Waals surface area contributed by atoms with Crippen LogP contribution in [0.3, 0.4) is 0 Å². The first-order chi connectivity index (χ1) is 6.42. The molecule has 1 rings (SSSR count). The van der Waals surface area contributed by atoms with E-state index in [-0.39, 0.29) is 30.1 Å². The van der Waals surface area contributed by atoms with Crippen LogP contribution < -0.4 is 33.8 Å². The molecule has 0 radical (unpaired) electrons. The van der Waals surface area contributed by atoms with Crippen molar-refractivity contribution in [3.8, 4) is 0 Å². The molecule has 1 atom stereocenters. The van der Waals surface area contributed by atoms with Crippen LogP contribution >= 0.6 is 7.37 Å². The van der Waals surface area contributed by atoms with E-state index >= 15 is 0 Å². The average molecular weight is 341 g/mol. The van der Waals surface area contributed by atoms with Gasteiger partial charge in [0.15, 0.2) is 12.4 Å². The predicted molar refractivity (Wildman–Crippen MR) is 57.0 cm³/mol. The van der Waals surface area contributed by atoms with E-state index in [2.05, 4.69) is 0 Å². The molecule has 0 saturated heterocycles. The molecule has 5 heteroatoms. The van der Waals surface area contributed by atoms with Crippen LogP contribution in [0.1, 0.15) is 13.8 Å². The Kier molecular flexibility index (Phi) is 5.99. The van der Waals surface area contributed by atoms with Gasteiger partial charge in [0.1, 0.15) is 7.05 Å². The molecular weight excluding hydrogens is 324 g/mol. The normalized spacial score (nSPS) is 14.5. The van der Waals surface area contributed by atoms with Crippen molar-refractivity contribution in [3.05, 3.63) is 24.5 Å². The van der Waals surface area contributed by atoms with Crippen molar-refractivity contribution in [3.63, 3.8) is 0 Å². The van der Waals surface area contributed by atoms with Gasteiger partial charge < -0.3 is 28.5 Å². The minimum Gasteiger partial charge on any atom is -1.00 e. The zero-order valence-electron chi connectivity index (χ0n) is 9.48. The van der Waals surface area contributed by atoms with Crippen LogP contribution in [0.25, 0.3) is 0 Å². The van der Waals surface area contributed by atoms with Gasteiger partial charge in [-0.2, -0.15) is 0 Å². The van der Waals surface area contributed by atoms with E-state index in [1.807, 2.05) is 50.0 Å². The Morgan fingerprint density at radius 1 is 1.33 bits per heavy atom. The zero-order valence-corrected chi connectivity index (χ0v) is 12.5. The lowest BCUT2D eigenvalue weighted by Gasteiger charge is -2.15. The summed E-state index contributed by atoms with van der Waals surface area (Å²) in [5.74, 6) is 0. The van der Waals surface area contributed by atoms with E-state index in [9.17, 15) is 4.57 Å². The second-order valence-corrected chi connectivity index (χ2v) is 6.14. The quantitative estimate of drug-likeness (QED) is 0.380. The third-order valence-electron chi connectivity index (χ3n) is 1.84. The summed E-state index contributed by atoms with van der Waals surface area (Å²) < 4.78 is 19.4. The Bertz CT molecular complexity index is 351. The van der Waals surface area contributed by atoms with Crippen molar-refractivity contribution in [1.82, 2.24) is 0 Å². The molecule has 3 nitrogen and oxygen atoms in total. The van der Waals surface area contributed by atoms with Gasteiger partial charge in [-0.1, -0.05) is 0 Å². The Labute approximate surface area is 108 Å². The molecule has 0 N–H and O–H groups in total. The molecule has 86 valence electrons. The predicted octanol–water partition coefficient (Wildman–Crippen LogP) is -1.53. The van der Waals surface area contributed by atoms with Gasteiger partial charge in [0.25, 0.3) is 0 Å². The molecule has 0 aliphatic rings. The Hall–Kier alpha value is 0.0700. The highest BCUT2D eigenvalue weighted by atomic mass is 127. The molecular formula is C10H17INO2P. The maximum absolute atomic E-state index is 12.1. The summed E-state index contributed by atoms with van der Waals surface area (Å²) >= 11 is 0. The number of aromatic nitrogens is 1. The SMILES string of the molecule is CC(C)OP(C)(=O)c1cc[n+](C)cc1.[I-]. The highest BCUT2D eigenvalue weighted by Crippen LogP contribution is 2.42. The van der Waals surface area contributed by atoms with Gasteiger partial charge in [-0.05, 0) is 13.8 Å². The minimum absolute atomic E-state index is 0. The zero-order chi connectivity index (χ0) is 10.8. The van der Waals surface area contributed by atoms with Crippen molar-refractivity contribution in [2.24, 2.45) is 7.05 Å². The molecule has 0 saturated carbocycles. The molecule has 1 unspecified atom stereocenters. The molecule has 0 fully saturated rings. The maximum atomic E-state index is 12.1. The van der Waals surface area contributed by atoms with Gasteiger partial charge >= 0.3 is 0 Å². The van der Waals surface area contributed by atoms with E-state index in [4.69, 9.17) is 4.52 Å². The minimum atomic E-state index is -2.63. The Morgan fingerprint density at radius 2 is 1.80 bits per heavy atom. The average Bonchev–Trinajstić information content (AvgIpc) is 2.02. The van der Waals surface area contributed by atoms with Gasteiger partial charge in [-0.15, -0.1) is 0 Å². The summed E-state index contributed by atoms with van der Waals surface area (Å²) in [7, 11) is -0.710. The van der Waals surface area contributed by atoms with Crippen LogP contribution in [0.2, 0.25) is 0 Å². The number of pyridine rings is 1. The summed E-state index contributed by atoms with van der Waals surface area (Å²) in [6, 6.07) is 3.67. The third-order valence-corrected chi connectivity index (χ3v) is 3.90. The molecule has 0 aliphatic carbocycles. The summed E-state index contributed by atoms with van der Waals surface area (Å²) in [5.41, 5.74) is 0. The van der Waals surface area contributed by atoms with Crippen LogP contribution in [0.15, 0.2) is 24.5 Å². The maximum Gasteiger partial charge on any atom is 0.229 e. The first-order valence-electron chi connectivity index (χ1n) is 4.63. The number of hydrogen-bond donors (Lipinski definition) is 0. The Balaban J connectivity index is 0.00000196. The molecule has 15 heavy (non-hydrogen) atoms. The third kappa shape index (κ3) is 4.62. The molecule has 0 amide bonds. The largest absolute Gasteiger partial charge is 1.00 e. The monoisotopic (exact) mass is 341 g/mol. The summed E-state index contributed by atoms with van der Waals surface area (Å²) in [6.07, 6.45) is 3.73. The highest BCUT2D eigenvalue weighted by Gasteiger charge is 2.21. The van der Waals surface area contributed by atoms with Crippen molar-refractivity contribution in [2.45, 2.75) is 20.0 Å². The summed E-state index contributed by atoms with van der Waals surface area (Å²) in [4.78, 5) is 0. The molecule has 1 aromatic heterocycles. The van der Waals surface area contributed by atoms with Crippen molar-refractivity contribution in [1.29, 1.82) is 0 Å². The number of nitrogens with zero attached hydrogens (tertiary/aromatic N) is 1. The lowest BCUT2D eigenvalue weighted by atomic mass is 10.5. The van der Waals surface area contributed by atoms with Gasteiger partial charge in [0, 0.05) is 24.1 Å². The fourth-order valence-electron chi connectivity index (χ4n) is 1.23. The standard InChI is InChI=1S/C10H17NO2P.HI/c1-9(2)13-14(4,12)10-5-7-11(3)8-6-10;/h5-9H,1-4H3;1H/q+1;/p-1. The molecule has 0 aliphatic heterocycles. The van der Waals surface area contributed by atoms with Crippen LogP contribution in [-0.4, -0.2) is 12.8 Å². The van der Waals surface area contributed by atoms with Crippen molar-refractivity contribution < 1.29 is 37.6 Å². The second kappa shape index (κ2) is 5.97. The summed E-state index contributed by atoms with van der Waals surface area (Å²) in [6.45, 7) is 5.43. The molecule has 0 aromatic carbocycles. The van der Waals surface area contributed by atoms with Crippen LogP contribution in [0, 0.1) is 0 Å². The van der Waals surface area contributed by atoms with Crippen LogP contribution in [-0.2, 0) is 16.1 Å². The number of halogens is 1. The van der Waals surface area contributed by atoms with E-state index in [1.54, 1.807) is 6.66 Å². The highest BCUT2D eigenvalue weighted by molar-refractivity contribution is 7.66. The van der Waals surface area contributed by atoms with Crippen molar-refractivity contribution >= 4 is 12.7 Å². The molecule has 1 heterocycles. The summed E-state index contributed by atoms with van der Waals surface area (Å²) in [5, 5.41) is 0.768. The fourth-order valence-corrected chi connectivity index (χ4v) is 2.83. The second-order valence-electron chi connectivity index (χ2n) is 3.72. The van der Waals surface area contributed by atoms with E-state index < -0.39 is 7.37 Å². The molecule has 0 bridgehead atoms.